The van der Waals surface area contributed by atoms with Crippen molar-refractivity contribution in [1.29, 1.82) is 0 Å². The average molecular weight is 427 g/mol. The first kappa shape index (κ1) is 19.4. The van der Waals surface area contributed by atoms with Crippen LogP contribution in [0.3, 0.4) is 0 Å². The molecule has 1 amide bonds. The van der Waals surface area contributed by atoms with Gasteiger partial charge in [0.1, 0.15) is 17.0 Å². The van der Waals surface area contributed by atoms with Gasteiger partial charge in [-0.3, -0.25) is 15.0 Å². The molecule has 0 bridgehead atoms. The Kier molecular flexibility index (Phi) is 4.59. The van der Waals surface area contributed by atoms with E-state index in [1.807, 2.05) is 0 Å². The van der Waals surface area contributed by atoms with E-state index in [2.05, 4.69) is 10.4 Å². The Hall–Kier alpha value is -4.59. The van der Waals surface area contributed by atoms with Crippen LogP contribution in [-0.2, 0) is 0 Å². The number of halogens is 1. The minimum absolute atomic E-state index is 0.0900. The number of hydrogen-bond donors (Lipinski definition) is 1. The molecule has 0 saturated carbocycles. The van der Waals surface area contributed by atoms with Crippen molar-refractivity contribution in [3.63, 3.8) is 0 Å². The molecule has 2 heterocycles. The quantitative estimate of drug-likeness (QED) is 0.443. The Labute approximate surface area is 179 Å². The Morgan fingerprint density at radius 3 is 2.47 bits per heavy atom. The van der Waals surface area contributed by atoms with E-state index in [0.717, 1.165) is 4.68 Å². The van der Waals surface area contributed by atoms with Crippen molar-refractivity contribution >= 4 is 27.8 Å². The molecule has 0 aliphatic heterocycles. The minimum atomic E-state index is -0.841. The van der Waals surface area contributed by atoms with Crippen LogP contribution in [0.15, 0.2) is 92.9 Å². The number of carbonyl (C=O) groups excluding carboxylic acids is 1. The van der Waals surface area contributed by atoms with E-state index in [0.29, 0.717) is 22.0 Å². The van der Waals surface area contributed by atoms with Crippen LogP contribution in [0, 0.1) is 5.82 Å². The molecule has 0 fully saturated rings. The lowest BCUT2D eigenvalue weighted by molar-refractivity contribution is 0.100. The molecule has 0 unspecified atom stereocenters. The average Bonchev–Trinajstić information content (AvgIpc) is 2.81. The van der Waals surface area contributed by atoms with Crippen molar-refractivity contribution in [2.45, 2.75) is 0 Å². The summed E-state index contributed by atoms with van der Waals surface area (Å²) in [5.74, 6) is -1.21. The van der Waals surface area contributed by atoms with Gasteiger partial charge in [0.15, 0.2) is 5.82 Å². The summed E-state index contributed by atoms with van der Waals surface area (Å²) in [5.41, 5.74) is 1.95. The summed E-state index contributed by atoms with van der Waals surface area (Å²) in [6.45, 7) is 0. The van der Waals surface area contributed by atoms with Gasteiger partial charge in [0.2, 0.25) is 0 Å². The molecule has 5 rings (SSSR count). The molecule has 0 atom stereocenters. The predicted octanol–water partition coefficient (Wildman–Crippen LogP) is 3.69. The van der Waals surface area contributed by atoms with E-state index in [4.69, 9.17) is 4.42 Å². The number of fused-ring (bicyclic) bond motifs is 2. The highest BCUT2D eigenvalue weighted by molar-refractivity contribution is 6.02. The van der Waals surface area contributed by atoms with Crippen molar-refractivity contribution in [3.05, 3.63) is 111 Å². The maximum absolute atomic E-state index is 13.4. The van der Waals surface area contributed by atoms with E-state index < -0.39 is 22.9 Å². The zero-order valence-electron chi connectivity index (χ0n) is 16.4. The second-order valence-electron chi connectivity index (χ2n) is 7.03. The van der Waals surface area contributed by atoms with Crippen molar-refractivity contribution in [1.82, 2.24) is 9.66 Å². The fourth-order valence-corrected chi connectivity index (χ4v) is 3.41. The molecule has 5 aromatic rings. The summed E-state index contributed by atoms with van der Waals surface area (Å²) < 4.78 is 19.6. The molecule has 1 N–H and O–H groups in total. The number of benzene rings is 3. The van der Waals surface area contributed by atoms with Crippen molar-refractivity contribution in [3.8, 4) is 11.4 Å². The van der Waals surface area contributed by atoms with Crippen LogP contribution in [0.5, 0.6) is 0 Å². The van der Waals surface area contributed by atoms with Gasteiger partial charge in [-0.1, -0.05) is 30.3 Å². The van der Waals surface area contributed by atoms with Gasteiger partial charge in [0, 0.05) is 10.9 Å². The molecule has 0 saturated heterocycles. The number of para-hydroxylation sites is 2. The van der Waals surface area contributed by atoms with Crippen LogP contribution < -0.4 is 16.6 Å². The standard InChI is InChI=1S/C24H14FN3O4/c25-16-11-9-14(10-12-16)21-26-19-7-3-2-6-17(19)23(30)28(21)27-22(29)18-13-15-5-1-4-8-20(15)32-24(18)31/h1-13H,(H,27,29). The summed E-state index contributed by atoms with van der Waals surface area (Å²) in [7, 11) is 0. The molecule has 0 spiro atoms. The highest BCUT2D eigenvalue weighted by atomic mass is 19.1. The molecule has 0 aliphatic carbocycles. The topological polar surface area (TPSA) is 94.2 Å². The number of nitrogens with one attached hydrogen (secondary N) is 1. The van der Waals surface area contributed by atoms with Crippen LogP contribution in [-0.4, -0.2) is 15.6 Å². The number of rotatable bonds is 3. The van der Waals surface area contributed by atoms with Crippen LogP contribution >= 0.6 is 0 Å². The zero-order valence-corrected chi connectivity index (χ0v) is 16.4. The third-order valence-corrected chi connectivity index (χ3v) is 4.98. The second kappa shape index (κ2) is 7.59. The Bertz CT molecular complexity index is 1620. The summed E-state index contributed by atoms with van der Waals surface area (Å²) in [6, 6.07) is 20.1. The summed E-state index contributed by atoms with van der Waals surface area (Å²) in [4.78, 5) is 43.0. The highest BCUT2D eigenvalue weighted by Crippen LogP contribution is 2.19. The lowest BCUT2D eigenvalue weighted by atomic mass is 10.1. The number of aromatic nitrogens is 2. The summed E-state index contributed by atoms with van der Waals surface area (Å²) in [5, 5.41) is 0.823. The molecule has 7 nitrogen and oxygen atoms in total. The molecular weight excluding hydrogens is 413 g/mol. The van der Waals surface area contributed by atoms with Crippen molar-refractivity contribution in [2.24, 2.45) is 0 Å². The lowest BCUT2D eigenvalue weighted by Gasteiger charge is -2.14. The Balaban J connectivity index is 1.67. The SMILES string of the molecule is O=C(Nn1c(-c2ccc(F)cc2)nc2ccccc2c1=O)c1cc2ccccc2oc1=O. The summed E-state index contributed by atoms with van der Waals surface area (Å²) >= 11 is 0. The van der Waals surface area contributed by atoms with Gasteiger partial charge in [0.05, 0.1) is 10.9 Å². The number of nitrogens with zero attached hydrogens (tertiary/aromatic N) is 2. The third kappa shape index (κ3) is 3.33. The first-order valence-corrected chi connectivity index (χ1v) is 9.63. The van der Waals surface area contributed by atoms with Gasteiger partial charge in [-0.05, 0) is 48.5 Å². The van der Waals surface area contributed by atoms with Gasteiger partial charge in [-0.25, -0.2) is 14.2 Å². The molecule has 32 heavy (non-hydrogen) atoms. The number of amides is 1. The van der Waals surface area contributed by atoms with E-state index in [1.165, 1.54) is 30.3 Å². The van der Waals surface area contributed by atoms with Gasteiger partial charge < -0.3 is 4.42 Å². The number of carbonyl (C=O) groups is 1. The first-order chi connectivity index (χ1) is 15.5. The van der Waals surface area contributed by atoms with Crippen LogP contribution in [0.25, 0.3) is 33.3 Å². The Morgan fingerprint density at radius 1 is 0.938 bits per heavy atom. The molecule has 0 aliphatic rings. The molecule has 3 aromatic carbocycles. The molecule has 0 radical (unpaired) electrons. The first-order valence-electron chi connectivity index (χ1n) is 9.63. The van der Waals surface area contributed by atoms with Gasteiger partial charge in [0.25, 0.3) is 11.5 Å². The van der Waals surface area contributed by atoms with Gasteiger partial charge in [-0.2, -0.15) is 4.68 Å². The normalized spacial score (nSPS) is 11.0. The maximum Gasteiger partial charge on any atom is 0.349 e. The fraction of sp³-hybridized carbons (Fsp3) is 0. The predicted molar refractivity (Wildman–Crippen MR) is 118 cm³/mol. The molecule has 2 aromatic heterocycles. The monoisotopic (exact) mass is 427 g/mol. The fourth-order valence-electron chi connectivity index (χ4n) is 3.41. The maximum atomic E-state index is 13.4. The van der Waals surface area contributed by atoms with Crippen molar-refractivity contribution < 1.29 is 13.6 Å². The van der Waals surface area contributed by atoms with E-state index in [1.54, 1.807) is 48.5 Å². The Morgan fingerprint density at radius 2 is 1.66 bits per heavy atom. The summed E-state index contributed by atoms with van der Waals surface area (Å²) in [6.07, 6.45) is 0. The number of hydrogen-bond acceptors (Lipinski definition) is 5. The van der Waals surface area contributed by atoms with Crippen LogP contribution in [0.2, 0.25) is 0 Å². The molecule has 8 heteroatoms. The van der Waals surface area contributed by atoms with Crippen molar-refractivity contribution in [2.75, 3.05) is 5.43 Å². The van der Waals surface area contributed by atoms with Gasteiger partial charge in [-0.15, -0.1) is 0 Å². The van der Waals surface area contributed by atoms with E-state index in [9.17, 15) is 18.8 Å². The van der Waals surface area contributed by atoms with E-state index in [-0.39, 0.29) is 16.8 Å². The molecular formula is C24H14FN3O4. The van der Waals surface area contributed by atoms with Gasteiger partial charge >= 0.3 is 5.63 Å². The van der Waals surface area contributed by atoms with E-state index >= 15 is 0 Å². The zero-order chi connectivity index (χ0) is 22.2. The molecule has 156 valence electrons. The third-order valence-electron chi connectivity index (χ3n) is 4.98. The van der Waals surface area contributed by atoms with Crippen LogP contribution in [0.1, 0.15) is 10.4 Å². The highest BCUT2D eigenvalue weighted by Gasteiger charge is 2.19. The minimum Gasteiger partial charge on any atom is -0.422 e. The smallest absolute Gasteiger partial charge is 0.349 e. The second-order valence-corrected chi connectivity index (χ2v) is 7.03. The largest absolute Gasteiger partial charge is 0.422 e. The lowest BCUT2D eigenvalue weighted by Crippen LogP contribution is -2.36. The van der Waals surface area contributed by atoms with Crippen LogP contribution in [0.4, 0.5) is 4.39 Å².